The van der Waals surface area contributed by atoms with Gasteiger partial charge in [-0.3, -0.25) is 0 Å². The van der Waals surface area contributed by atoms with Crippen molar-refractivity contribution in [2.45, 2.75) is 66.0 Å². The monoisotopic (exact) mass is 282 g/mol. The van der Waals surface area contributed by atoms with Gasteiger partial charge in [0, 0.05) is 36.6 Å². The van der Waals surface area contributed by atoms with Gasteiger partial charge >= 0.3 is 0 Å². The van der Waals surface area contributed by atoms with E-state index in [4.69, 9.17) is 10.5 Å². The summed E-state index contributed by atoms with van der Waals surface area (Å²) in [6.45, 7) is 16.6. The third kappa shape index (κ3) is 2.42. The van der Waals surface area contributed by atoms with Gasteiger partial charge in [-0.15, -0.1) is 0 Å². The second kappa shape index (κ2) is 5.26. The van der Waals surface area contributed by atoms with Crippen LogP contribution in [0.5, 0.6) is 0 Å². The van der Waals surface area contributed by atoms with Crippen LogP contribution in [0.3, 0.4) is 0 Å². The Hall–Kier alpha value is -0.120. The van der Waals surface area contributed by atoms with Crippen molar-refractivity contribution in [1.82, 2.24) is 5.32 Å². The summed E-state index contributed by atoms with van der Waals surface area (Å²) in [7, 11) is 0. The van der Waals surface area contributed by atoms with Crippen LogP contribution in [0.4, 0.5) is 0 Å². The molecule has 0 aromatic carbocycles. The summed E-state index contributed by atoms with van der Waals surface area (Å²) < 4.78 is 5.97. The maximum Gasteiger partial charge on any atom is 0.0690 e. The Morgan fingerprint density at radius 3 is 2.60 bits per heavy atom. The predicted octanol–water partition coefficient (Wildman–Crippen LogP) is 2.79. The normalized spacial score (nSPS) is 36.6. The molecule has 1 heterocycles. The molecule has 1 saturated carbocycles. The highest BCUT2D eigenvalue weighted by Crippen LogP contribution is 2.57. The van der Waals surface area contributed by atoms with Crippen LogP contribution in [0.1, 0.15) is 54.4 Å². The van der Waals surface area contributed by atoms with Gasteiger partial charge in [-0.05, 0) is 24.2 Å². The molecule has 0 amide bonds. The Balaban J connectivity index is 1.94. The summed E-state index contributed by atoms with van der Waals surface area (Å²) in [6.07, 6.45) is 2.74. The summed E-state index contributed by atoms with van der Waals surface area (Å²) in [5, 5.41) is 3.66. The summed E-state index contributed by atoms with van der Waals surface area (Å²) in [5.74, 6) is 1.20. The summed E-state index contributed by atoms with van der Waals surface area (Å²) >= 11 is 0. The lowest BCUT2D eigenvalue weighted by Crippen LogP contribution is -2.80. The lowest BCUT2D eigenvalue weighted by Gasteiger charge is -2.66. The maximum absolute atomic E-state index is 6.80. The number of rotatable bonds is 5. The fourth-order valence-electron chi connectivity index (χ4n) is 3.82. The van der Waals surface area contributed by atoms with E-state index in [1.807, 2.05) is 0 Å². The molecule has 3 unspecified atom stereocenters. The molecule has 1 saturated heterocycles. The SMILES string of the molecule is CC(C)C(C)(C)CNCC1(N)C2CCCOC2C1(C)C. The molecular weight excluding hydrogens is 248 g/mol. The van der Waals surface area contributed by atoms with E-state index in [-0.39, 0.29) is 11.0 Å². The van der Waals surface area contributed by atoms with Gasteiger partial charge in [0.1, 0.15) is 0 Å². The molecule has 1 aliphatic carbocycles. The first kappa shape index (κ1) is 16.3. The van der Waals surface area contributed by atoms with Crippen LogP contribution >= 0.6 is 0 Å². The highest BCUT2D eigenvalue weighted by Gasteiger charge is 2.66. The van der Waals surface area contributed by atoms with E-state index in [9.17, 15) is 0 Å². The second-order valence-electron chi connectivity index (χ2n) is 8.55. The third-order valence-electron chi connectivity index (χ3n) is 6.46. The average Bonchev–Trinajstić information content (AvgIpc) is 2.38. The molecule has 0 spiro atoms. The summed E-state index contributed by atoms with van der Waals surface area (Å²) in [5.41, 5.74) is 7.07. The average molecular weight is 282 g/mol. The van der Waals surface area contributed by atoms with E-state index < -0.39 is 0 Å². The van der Waals surface area contributed by atoms with E-state index in [1.54, 1.807) is 0 Å². The second-order valence-corrected chi connectivity index (χ2v) is 8.55. The first-order chi connectivity index (χ1) is 9.13. The van der Waals surface area contributed by atoms with Crippen molar-refractivity contribution in [2.24, 2.45) is 28.4 Å². The van der Waals surface area contributed by atoms with Gasteiger partial charge in [0.15, 0.2) is 0 Å². The van der Waals surface area contributed by atoms with Gasteiger partial charge in [-0.25, -0.2) is 0 Å². The van der Waals surface area contributed by atoms with E-state index in [1.165, 1.54) is 6.42 Å². The number of ether oxygens (including phenoxy) is 1. The number of nitrogens with two attached hydrogens (primary N) is 1. The number of nitrogens with one attached hydrogen (secondary N) is 1. The van der Waals surface area contributed by atoms with Crippen LogP contribution in [-0.4, -0.2) is 31.3 Å². The third-order valence-corrected chi connectivity index (χ3v) is 6.46. The highest BCUT2D eigenvalue weighted by atomic mass is 16.5. The number of hydrogen-bond acceptors (Lipinski definition) is 3. The molecule has 3 heteroatoms. The molecule has 20 heavy (non-hydrogen) atoms. The van der Waals surface area contributed by atoms with Gasteiger partial charge in [-0.1, -0.05) is 41.5 Å². The summed E-state index contributed by atoms with van der Waals surface area (Å²) in [6, 6.07) is 0. The molecule has 2 aliphatic rings. The molecule has 3 N–H and O–H groups in total. The van der Waals surface area contributed by atoms with Gasteiger partial charge in [0.25, 0.3) is 0 Å². The lowest BCUT2D eigenvalue weighted by molar-refractivity contribution is -0.226. The predicted molar refractivity (Wildman–Crippen MR) is 84.7 cm³/mol. The van der Waals surface area contributed by atoms with Crippen LogP contribution in [0.15, 0.2) is 0 Å². The van der Waals surface area contributed by atoms with Crippen LogP contribution in [0.2, 0.25) is 0 Å². The largest absolute Gasteiger partial charge is 0.377 e. The quantitative estimate of drug-likeness (QED) is 0.815. The smallest absolute Gasteiger partial charge is 0.0690 e. The topological polar surface area (TPSA) is 47.3 Å². The van der Waals surface area contributed by atoms with Crippen LogP contribution in [-0.2, 0) is 4.74 Å². The van der Waals surface area contributed by atoms with Crippen LogP contribution < -0.4 is 11.1 Å². The van der Waals surface area contributed by atoms with E-state index >= 15 is 0 Å². The molecule has 3 atom stereocenters. The Labute approximate surface area is 125 Å². The van der Waals surface area contributed by atoms with Gasteiger partial charge in [-0.2, -0.15) is 0 Å². The standard InChI is InChI=1S/C17H34N2O/c1-12(2)15(3,4)10-19-11-17(18)13-8-7-9-20-14(13)16(17,5)6/h12-14,19H,7-11,18H2,1-6H3. The fourth-order valence-corrected chi connectivity index (χ4v) is 3.82. The molecule has 2 fully saturated rings. The molecule has 0 radical (unpaired) electrons. The van der Waals surface area contributed by atoms with Crippen LogP contribution in [0.25, 0.3) is 0 Å². The number of fused-ring (bicyclic) bond motifs is 1. The van der Waals surface area contributed by atoms with Crippen molar-refractivity contribution in [3.63, 3.8) is 0 Å². The molecule has 3 nitrogen and oxygen atoms in total. The number of hydrogen-bond donors (Lipinski definition) is 2. The molecule has 0 aromatic rings. The van der Waals surface area contributed by atoms with E-state index in [0.717, 1.165) is 26.1 Å². The van der Waals surface area contributed by atoms with Crippen molar-refractivity contribution in [3.8, 4) is 0 Å². The Morgan fingerprint density at radius 1 is 1.35 bits per heavy atom. The maximum atomic E-state index is 6.80. The van der Waals surface area contributed by atoms with E-state index in [0.29, 0.717) is 23.4 Å². The van der Waals surface area contributed by atoms with E-state index in [2.05, 4.69) is 46.9 Å². The Morgan fingerprint density at radius 2 is 2.00 bits per heavy atom. The lowest BCUT2D eigenvalue weighted by atomic mass is 9.46. The molecule has 2 rings (SSSR count). The minimum absolute atomic E-state index is 0.0764. The van der Waals surface area contributed by atoms with Gasteiger partial charge in [0.2, 0.25) is 0 Å². The molecule has 0 aromatic heterocycles. The van der Waals surface area contributed by atoms with Gasteiger partial charge < -0.3 is 15.8 Å². The first-order valence-corrected chi connectivity index (χ1v) is 8.24. The minimum Gasteiger partial charge on any atom is -0.377 e. The van der Waals surface area contributed by atoms with Crippen molar-refractivity contribution in [1.29, 1.82) is 0 Å². The van der Waals surface area contributed by atoms with Crippen LogP contribution in [0, 0.1) is 22.7 Å². The molecule has 0 bridgehead atoms. The Bertz CT molecular complexity index is 351. The molecular formula is C17H34N2O. The zero-order chi connectivity index (χ0) is 15.2. The Kier molecular flexibility index (Phi) is 4.27. The minimum atomic E-state index is -0.120. The summed E-state index contributed by atoms with van der Waals surface area (Å²) in [4.78, 5) is 0. The van der Waals surface area contributed by atoms with Crippen molar-refractivity contribution < 1.29 is 4.74 Å². The zero-order valence-corrected chi connectivity index (χ0v) is 14.3. The first-order valence-electron chi connectivity index (χ1n) is 8.24. The van der Waals surface area contributed by atoms with Crippen molar-refractivity contribution in [2.75, 3.05) is 19.7 Å². The van der Waals surface area contributed by atoms with Crippen molar-refractivity contribution in [3.05, 3.63) is 0 Å². The molecule has 118 valence electrons. The zero-order valence-electron chi connectivity index (χ0n) is 14.3. The van der Waals surface area contributed by atoms with Crippen molar-refractivity contribution >= 4 is 0 Å². The van der Waals surface area contributed by atoms with Gasteiger partial charge in [0.05, 0.1) is 6.10 Å². The fraction of sp³-hybridized carbons (Fsp3) is 1.00. The molecule has 1 aliphatic heterocycles. The highest BCUT2D eigenvalue weighted by molar-refractivity contribution is 5.20.